The fourth-order valence-corrected chi connectivity index (χ4v) is 2.50. The van der Waals surface area contributed by atoms with E-state index < -0.39 is 0 Å². The average Bonchev–Trinajstić information content (AvgIpc) is 3.23. The minimum Gasteiger partial charge on any atom is -0.308 e. The third-order valence-electron chi connectivity index (χ3n) is 3.49. The summed E-state index contributed by atoms with van der Waals surface area (Å²) in [6.07, 6.45) is 2.59. The highest BCUT2D eigenvalue weighted by Gasteiger charge is 2.20. The van der Waals surface area contributed by atoms with Crippen molar-refractivity contribution in [2.45, 2.75) is 39.3 Å². The van der Waals surface area contributed by atoms with Gasteiger partial charge in [-0.3, -0.25) is 0 Å². The number of nitrogens with zero attached hydrogens (tertiary/aromatic N) is 2. The number of rotatable bonds is 4. The molecule has 0 amide bonds. The topological polar surface area (TPSA) is 37.8 Å². The number of aryl methyl sites for hydroxylation is 2. The summed E-state index contributed by atoms with van der Waals surface area (Å²) in [6.45, 7) is 4.93. The van der Waals surface area contributed by atoms with E-state index in [0.29, 0.717) is 6.04 Å². The van der Waals surface area contributed by atoms with Crippen molar-refractivity contribution in [3.8, 4) is 11.4 Å². The maximum atomic E-state index is 4.68. The maximum absolute atomic E-state index is 4.68. The molecule has 104 valence electrons. The lowest BCUT2D eigenvalue weighted by molar-refractivity contribution is 0.672. The molecule has 1 aromatic heterocycles. The third-order valence-corrected chi connectivity index (χ3v) is 4.34. The van der Waals surface area contributed by atoms with Gasteiger partial charge in [-0.05, 0) is 44.4 Å². The lowest BCUT2D eigenvalue weighted by Gasteiger charge is -2.08. The SMILES string of the molecule is Cc1cc(CNC2CC2)nc(-c2ccc(C)c(Br)c2)n1. The van der Waals surface area contributed by atoms with Gasteiger partial charge in [-0.25, -0.2) is 9.97 Å². The molecule has 0 spiro atoms. The minimum atomic E-state index is 0.697. The molecule has 0 aliphatic heterocycles. The molecule has 0 saturated heterocycles. The van der Waals surface area contributed by atoms with Crippen molar-refractivity contribution in [3.05, 3.63) is 45.7 Å². The first kappa shape index (κ1) is 13.7. The Morgan fingerprint density at radius 2 is 2.00 bits per heavy atom. The molecular formula is C16H18BrN3. The van der Waals surface area contributed by atoms with E-state index in [1.54, 1.807) is 0 Å². The van der Waals surface area contributed by atoms with Crippen LogP contribution in [0.2, 0.25) is 0 Å². The second-order valence-electron chi connectivity index (χ2n) is 5.44. The Hall–Kier alpha value is -1.26. The summed E-state index contributed by atoms with van der Waals surface area (Å²) >= 11 is 3.57. The fourth-order valence-electron chi connectivity index (χ4n) is 2.12. The van der Waals surface area contributed by atoms with Crippen LogP contribution < -0.4 is 5.32 Å². The van der Waals surface area contributed by atoms with Gasteiger partial charge in [0.15, 0.2) is 5.82 Å². The standard InChI is InChI=1S/C16H18BrN3/c1-10-3-4-12(8-15(10)17)16-19-11(2)7-14(20-16)9-18-13-5-6-13/h3-4,7-8,13,18H,5-6,9H2,1-2H3. The Kier molecular flexibility index (Phi) is 3.85. The van der Waals surface area contributed by atoms with E-state index in [9.17, 15) is 0 Å². The van der Waals surface area contributed by atoms with Gasteiger partial charge >= 0.3 is 0 Å². The van der Waals surface area contributed by atoms with Gasteiger partial charge in [-0.15, -0.1) is 0 Å². The first-order valence-electron chi connectivity index (χ1n) is 6.96. The number of halogens is 1. The van der Waals surface area contributed by atoms with Crippen molar-refractivity contribution >= 4 is 15.9 Å². The molecule has 20 heavy (non-hydrogen) atoms. The Morgan fingerprint density at radius 1 is 1.20 bits per heavy atom. The number of hydrogen-bond donors (Lipinski definition) is 1. The smallest absolute Gasteiger partial charge is 0.159 e. The van der Waals surface area contributed by atoms with Crippen LogP contribution in [0.15, 0.2) is 28.7 Å². The van der Waals surface area contributed by atoms with Crippen LogP contribution >= 0.6 is 15.9 Å². The second-order valence-corrected chi connectivity index (χ2v) is 6.30. The Morgan fingerprint density at radius 3 is 2.70 bits per heavy atom. The van der Waals surface area contributed by atoms with Gasteiger partial charge in [0.1, 0.15) is 0 Å². The predicted octanol–water partition coefficient (Wildman–Crippen LogP) is 3.77. The van der Waals surface area contributed by atoms with Gasteiger partial charge in [-0.2, -0.15) is 0 Å². The maximum Gasteiger partial charge on any atom is 0.159 e. The molecule has 4 heteroatoms. The summed E-state index contributed by atoms with van der Waals surface area (Å²) in [5, 5.41) is 3.50. The largest absolute Gasteiger partial charge is 0.308 e. The Bertz CT molecular complexity index is 636. The first-order chi connectivity index (χ1) is 9.61. The monoisotopic (exact) mass is 331 g/mol. The normalized spacial score (nSPS) is 14.6. The Balaban J connectivity index is 1.88. The first-order valence-corrected chi connectivity index (χ1v) is 7.75. The summed E-state index contributed by atoms with van der Waals surface area (Å²) in [5.41, 5.74) is 4.35. The zero-order chi connectivity index (χ0) is 14.1. The van der Waals surface area contributed by atoms with Crippen LogP contribution in [0.5, 0.6) is 0 Å². The van der Waals surface area contributed by atoms with Crippen LogP contribution in [-0.2, 0) is 6.54 Å². The van der Waals surface area contributed by atoms with Crippen molar-refractivity contribution < 1.29 is 0 Å². The van der Waals surface area contributed by atoms with Crippen LogP contribution in [0, 0.1) is 13.8 Å². The molecule has 2 aromatic rings. The number of hydrogen-bond acceptors (Lipinski definition) is 3. The summed E-state index contributed by atoms with van der Waals surface area (Å²) in [4.78, 5) is 9.24. The van der Waals surface area contributed by atoms with E-state index in [1.165, 1.54) is 18.4 Å². The predicted molar refractivity (Wildman–Crippen MR) is 84.5 cm³/mol. The molecular weight excluding hydrogens is 314 g/mol. The zero-order valence-electron chi connectivity index (χ0n) is 11.8. The number of nitrogens with one attached hydrogen (secondary N) is 1. The van der Waals surface area contributed by atoms with Crippen molar-refractivity contribution in [3.63, 3.8) is 0 Å². The molecule has 1 fully saturated rings. The molecule has 0 atom stereocenters. The van der Waals surface area contributed by atoms with Gasteiger partial charge < -0.3 is 5.32 Å². The molecule has 1 saturated carbocycles. The average molecular weight is 332 g/mol. The molecule has 0 unspecified atom stereocenters. The highest BCUT2D eigenvalue weighted by atomic mass is 79.9. The van der Waals surface area contributed by atoms with Crippen LogP contribution in [0.25, 0.3) is 11.4 Å². The third kappa shape index (κ3) is 3.25. The summed E-state index contributed by atoms with van der Waals surface area (Å²) in [6, 6.07) is 9.01. The van der Waals surface area contributed by atoms with Crippen molar-refractivity contribution in [2.75, 3.05) is 0 Å². The van der Waals surface area contributed by atoms with Crippen LogP contribution in [0.3, 0.4) is 0 Å². The van der Waals surface area contributed by atoms with E-state index in [-0.39, 0.29) is 0 Å². The summed E-state index contributed by atoms with van der Waals surface area (Å²) in [7, 11) is 0. The molecule has 3 nitrogen and oxygen atoms in total. The van der Waals surface area contributed by atoms with E-state index in [4.69, 9.17) is 0 Å². The van der Waals surface area contributed by atoms with Gasteiger partial charge in [0.25, 0.3) is 0 Å². The van der Waals surface area contributed by atoms with Gasteiger partial charge in [0.2, 0.25) is 0 Å². The molecule has 1 N–H and O–H groups in total. The van der Waals surface area contributed by atoms with Crippen LogP contribution in [0.4, 0.5) is 0 Å². The molecule has 0 bridgehead atoms. The lowest BCUT2D eigenvalue weighted by Crippen LogP contribution is -2.16. The highest BCUT2D eigenvalue weighted by Crippen LogP contribution is 2.24. The number of aromatic nitrogens is 2. The van der Waals surface area contributed by atoms with E-state index in [1.807, 2.05) is 6.92 Å². The molecule has 1 aromatic carbocycles. The fraction of sp³-hybridized carbons (Fsp3) is 0.375. The zero-order valence-corrected chi connectivity index (χ0v) is 13.4. The summed E-state index contributed by atoms with van der Waals surface area (Å²) < 4.78 is 1.10. The highest BCUT2D eigenvalue weighted by molar-refractivity contribution is 9.10. The lowest BCUT2D eigenvalue weighted by atomic mass is 10.1. The summed E-state index contributed by atoms with van der Waals surface area (Å²) in [5.74, 6) is 0.804. The van der Waals surface area contributed by atoms with Crippen LogP contribution in [0.1, 0.15) is 29.8 Å². The van der Waals surface area contributed by atoms with E-state index >= 15 is 0 Å². The van der Waals surface area contributed by atoms with E-state index in [0.717, 1.165) is 33.8 Å². The van der Waals surface area contributed by atoms with Gasteiger partial charge in [0, 0.05) is 28.3 Å². The molecule has 0 radical (unpaired) electrons. The molecule has 1 aliphatic carbocycles. The quantitative estimate of drug-likeness (QED) is 0.926. The van der Waals surface area contributed by atoms with Crippen molar-refractivity contribution in [1.29, 1.82) is 0 Å². The minimum absolute atomic E-state index is 0.697. The molecule has 1 aliphatic rings. The van der Waals surface area contributed by atoms with Crippen molar-refractivity contribution in [2.24, 2.45) is 0 Å². The molecule has 1 heterocycles. The van der Waals surface area contributed by atoms with Gasteiger partial charge in [-0.1, -0.05) is 28.1 Å². The van der Waals surface area contributed by atoms with Gasteiger partial charge in [0.05, 0.1) is 5.69 Å². The van der Waals surface area contributed by atoms with E-state index in [2.05, 4.69) is 62.4 Å². The second kappa shape index (κ2) is 5.62. The van der Waals surface area contributed by atoms with Crippen molar-refractivity contribution in [1.82, 2.24) is 15.3 Å². The van der Waals surface area contributed by atoms with Crippen LogP contribution in [-0.4, -0.2) is 16.0 Å². The number of benzene rings is 1. The Labute approximate surface area is 128 Å². The molecule has 3 rings (SSSR count).